The van der Waals surface area contributed by atoms with Gasteiger partial charge in [0.25, 0.3) is 5.56 Å². The van der Waals surface area contributed by atoms with Crippen LogP contribution >= 0.6 is 0 Å². The Morgan fingerprint density at radius 3 is 2.79 bits per heavy atom. The molecule has 0 aliphatic rings. The van der Waals surface area contributed by atoms with Crippen molar-refractivity contribution in [1.82, 2.24) is 9.97 Å². The van der Waals surface area contributed by atoms with Gasteiger partial charge in [-0.2, -0.15) is 4.98 Å². The molecule has 0 aliphatic carbocycles. The van der Waals surface area contributed by atoms with Crippen molar-refractivity contribution in [3.63, 3.8) is 0 Å². The summed E-state index contributed by atoms with van der Waals surface area (Å²) >= 11 is 0. The van der Waals surface area contributed by atoms with Crippen molar-refractivity contribution in [2.75, 3.05) is 0 Å². The third kappa shape index (κ3) is 2.76. The summed E-state index contributed by atoms with van der Waals surface area (Å²) in [4.78, 5) is 28.5. The normalized spacial score (nSPS) is 10.4. The first-order valence-electron chi connectivity index (χ1n) is 5.34. The fourth-order valence-corrected chi connectivity index (χ4v) is 1.66. The second-order valence-corrected chi connectivity index (χ2v) is 3.86. The van der Waals surface area contributed by atoms with Crippen LogP contribution in [0, 0.1) is 5.82 Å². The van der Waals surface area contributed by atoms with Gasteiger partial charge in [0.05, 0.1) is 6.42 Å². The van der Waals surface area contributed by atoms with Gasteiger partial charge < -0.3 is 15.8 Å². The summed E-state index contributed by atoms with van der Waals surface area (Å²) in [5.74, 6) is -1.86. The Kier molecular flexibility index (Phi) is 3.28. The summed E-state index contributed by atoms with van der Waals surface area (Å²) < 4.78 is 13.1. The van der Waals surface area contributed by atoms with Crippen molar-refractivity contribution in [2.45, 2.75) is 6.42 Å². The number of nitrogens with one attached hydrogen (secondary N) is 1. The van der Waals surface area contributed by atoms with Crippen LogP contribution in [0.5, 0.6) is 5.88 Å². The number of carbonyl (C=O) groups excluding carboxylic acids is 1. The predicted octanol–water partition coefficient (Wildman–Crippen LogP) is 0.309. The van der Waals surface area contributed by atoms with Crippen molar-refractivity contribution < 1.29 is 14.3 Å². The number of primary amides is 1. The highest BCUT2D eigenvalue weighted by atomic mass is 19.1. The highest BCUT2D eigenvalue weighted by Crippen LogP contribution is 2.23. The molecular weight excluding hydrogens is 253 g/mol. The monoisotopic (exact) mass is 263 g/mol. The molecule has 0 atom stereocenters. The van der Waals surface area contributed by atoms with Crippen molar-refractivity contribution in [3.8, 4) is 17.0 Å². The minimum Gasteiger partial charge on any atom is -0.493 e. The molecule has 0 fully saturated rings. The van der Waals surface area contributed by atoms with Gasteiger partial charge in [-0.1, -0.05) is 12.1 Å². The number of aromatic hydroxyl groups is 1. The average Bonchev–Trinajstić information content (AvgIpc) is 2.26. The van der Waals surface area contributed by atoms with Gasteiger partial charge in [-0.05, 0) is 17.7 Å². The van der Waals surface area contributed by atoms with E-state index in [1.807, 2.05) is 0 Å². The van der Waals surface area contributed by atoms with E-state index in [-0.39, 0.29) is 23.4 Å². The molecule has 7 heteroatoms. The van der Waals surface area contributed by atoms with E-state index in [4.69, 9.17) is 5.73 Å². The van der Waals surface area contributed by atoms with Gasteiger partial charge in [0, 0.05) is 0 Å². The van der Waals surface area contributed by atoms with Crippen LogP contribution in [-0.4, -0.2) is 21.0 Å². The van der Waals surface area contributed by atoms with Crippen LogP contribution in [0.25, 0.3) is 11.1 Å². The van der Waals surface area contributed by atoms with Crippen molar-refractivity contribution in [2.24, 2.45) is 5.73 Å². The van der Waals surface area contributed by atoms with E-state index in [2.05, 4.69) is 9.97 Å². The van der Waals surface area contributed by atoms with Crippen LogP contribution in [0.15, 0.2) is 29.1 Å². The van der Waals surface area contributed by atoms with Gasteiger partial charge in [-0.15, -0.1) is 0 Å². The first-order valence-corrected chi connectivity index (χ1v) is 5.34. The molecule has 4 N–H and O–H groups in total. The maximum absolute atomic E-state index is 13.1. The van der Waals surface area contributed by atoms with Crippen molar-refractivity contribution in [1.29, 1.82) is 0 Å². The van der Waals surface area contributed by atoms with Crippen LogP contribution in [-0.2, 0) is 11.2 Å². The summed E-state index contributed by atoms with van der Waals surface area (Å²) in [6, 6.07) is 5.17. The number of aromatic nitrogens is 2. The Labute approximate surface area is 106 Å². The summed E-state index contributed by atoms with van der Waals surface area (Å²) in [5.41, 5.74) is 4.32. The lowest BCUT2D eigenvalue weighted by atomic mass is 10.1. The topological polar surface area (TPSA) is 109 Å². The molecule has 0 unspecified atom stereocenters. The molecule has 2 aromatic rings. The number of aromatic amines is 1. The highest BCUT2D eigenvalue weighted by Gasteiger charge is 2.14. The Morgan fingerprint density at radius 1 is 1.47 bits per heavy atom. The standard InChI is InChI=1S/C12H10FN3O3/c13-7-3-1-2-6(4-7)10-11(18)15-9(5-8(14)17)16-12(10)19/h1-4H,5H2,(H2,14,17)(H2,15,16,18,19). The van der Waals surface area contributed by atoms with E-state index in [1.54, 1.807) is 0 Å². The van der Waals surface area contributed by atoms with Crippen LogP contribution in [0.1, 0.15) is 5.82 Å². The second-order valence-electron chi connectivity index (χ2n) is 3.86. The second kappa shape index (κ2) is 4.89. The van der Waals surface area contributed by atoms with E-state index >= 15 is 0 Å². The predicted molar refractivity (Wildman–Crippen MR) is 64.8 cm³/mol. The number of hydrogen-bond acceptors (Lipinski definition) is 4. The molecule has 1 amide bonds. The molecule has 0 radical (unpaired) electrons. The SMILES string of the molecule is NC(=O)Cc1nc(O)c(-c2cccc(F)c2)c(=O)[nH]1. The molecule has 1 heterocycles. The summed E-state index contributed by atoms with van der Waals surface area (Å²) in [6.07, 6.45) is -0.299. The molecule has 0 spiro atoms. The van der Waals surface area contributed by atoms with Crippen LogP contribution in [0.3, 0.4) is 0 Å². The van der Waals surface area contributed by atoms with E-state index in [0.717, 1.165) is 6.07 Å². The van der Waals surface area contributed by atoms with Crippen molar-refractivity contribution in [3.05, 3.63) is 46.3 Å². The fourth-order valence-electron chi connectivity index (χ4n) is 1.66. The maximum atomic E-state index is 13.1. The highest BCUT2D eigenvalue weighted by molar-refractivity contribution is 5.76. The number of benzene rings is 1. The zero-order chi connectivity index (χ0) is 14.0. The molecule has 0 bridgehead atoms. The van der Waals surface area contributed by atoms with Crippen LogP contribution < -0.4 is 11.3 Å². The largest absolute Gasteiger partial charge is 0.493 e. The molecule has 6 nitrogen and oxygen atoms in total. The first-order chi connectivity index (χ1) is 8.97. The lowest BCUT2D eigenvalue weighted by molar-refractivity contribution is -0.117. The molecule has 0 aliphatic heterocycles. The molecule has 1 aromatic heterocycles. The number of rotatable bonds is 3. The van der Waals surface area contributed by atoms with Crippen LogP contribution in [0.4, 0.5) is 4.39 Å². The van der Waals surface area contributed by atoms with E-state index < -0.39 is 23.2 Å². The number of carbonyl (C=O) groups is 1. The summed E-state index contributed by atoms with van der Waals surface area (Å²) in [6.45, 7) is 0. The molecule has 0 saturated carbocycles. The molecule has 98 valence electrons. The first kappa shape index (κ1) is 12.7. The van der Waals surface area contributed by atoms with Crippen LogP contribution in [0.2, 0.25) is 0 Å². The quantitative estimate of drug-likeness (QED) is 0.740. The van der Waals surface area contributed by atoms with E-state index in [0.29, 0.717) is 0 Å². The Morgan fingerprint density at radius 2 is 2.21 bits per heavy atom. The molecule has 2 rings (SSSR count). The Balaban J connectivity index is 2.54. The molecular formula is C12H10FN3O3. The number of amides is 1. The minimum atomic E-state index is -0.693. The average molecular weight is 263 g/mol. The van der Waals surface area contributed by atoms with Gasteiger partial charge in [0.15, 0.2) is 0 Å². The summed E-state index contributed by atoms with van der Waals surface area (Å²) in [7, 11) is 0. The van der Waals surface area contributed by atoms with E-state index in [1.165, 1.54) is 18.2 Å². The third-order valence-corrected chi connectivity index (χ3v) is 2.40. The lowest BCUT2D eigenvalue weighted by Gasteiger charge is -2.05. The lowest BCUT2D eigenvalue weighted by Crippen LogP contribution is -2.20. The molecule has 19 heavy (non-hydrogen) atoms. The number of H-pyrrole nitrogens is 1. The number of halogens is 1. The smallest absolute Gasteiger partial charge is 0.262 e. The van der Waals surface area contributed by atoms with Gasteiger partial charge in [-0.3, -0.25) is 9.59 Å². The number of hydrogen-bond donors (Lipinski definition) is 3. The van der Waals surface area contributed by atoms with Gasteiger partial charge in [-0.25, -0.2) is 4.39 Å². The fraction of sp³-hybridized carbons (Fsp3) is 0.0833. The number of nitrogens with two attached hydrogens (primary N) is 1. The van der Waals surface area contributed by atoms with Gasteiger partial charge >= 0.3 is 0 Å². The minimum absolute atomic E-state index is 0.0462. The maximum Gasteiger partial charge on any atom is 0.262 e. The van der Waals surface area contributed by atoms with Crippen molar-refractivity contribution >= 4 is 5.91 Å². The summed E-state index contributed by atoms with van der Waals surface area (Å²) in [5, 5.41) is 9.72. The van der Waals surface area contributed by atoms with Gasteiger partial charge in [0.2, 0.25) is 11.8 Å². The zero-order valence-electron chi connectivity index (χ0n) is 9.68. The number of nitrogens with zero attached hydrogens (tertiary/aromatic N) is 1. The third-order valence-electron chi connectivity index (χ3n) is 2.40. The molecule has 0 saturated heterocycles. The van der Waals surface area contributed by atoms with E-state index in [9.17, 15) is 19.1 Å². The Hall–Kier alpha value is -2.70. The molecule has 1 aromatic carbocycles. The van der Waals surface area contributed by atoms with Gasteiger partial charge in [0.1, 0.15) is 17.2 Å². The Bertz CT molecular complexity index is 697. The zero-order valence-corrected chi connectivity index (χ0v) is 9.68.